The van der Waals surface area contributed by atoms with E-state index >= 15 is 0 Å². The molecular formula is C16H26N4O. The maximum Gasteiger partial charge on any atom is 0.251 e. The second-order valence-corrected chi connectivity index (χ2v) is 7.01. The molecule has 1 aromatic rings. The van der Waals surface area contributed by atoms with Gasteiger partial charge in [-0.1, -0.05) is 34.1 Å². The van der Waals surface area contributed by atoms with Crippen LogP contribution in [0.2, 0.25) is 0 Å². The zero-order valence-corrected chi connectivity index (χ0v) is 13.4. The number of nitrogens with zero attached hydrogens (tertiary/aromatic N) is 1. The van der Waals surface area contributed by atoms with Crippen LogP contribution in [0.3, 0.4) is 0 Å². The molecule has 1 fully saturated rings. The summed E-state index contributed by atoms with van der Waals surface area (Å²) in [5.74, 6) is 6.50. The first-order valence-corrected chi connectivity index (χ1v) is 7.61. The van der Waals surface area contributed by atoms with Gasteiger partial charge in [-0.05, 0) is 30.9 Å². The summed E-state index contributed by atoms with van der Waals surface area (Å²) >= 11 is 0. The maximum absolute atomic E-state index is 12.5. The summed E-state index contributed by atoms with van der Waals surface area (Å²) < 4.78 is 0. The minimum atomic E-state index is -0.136. The summed E-state index contributed by atoms with van der Waals surface area (Å²) in [6.07, 6.45) is 3.43. The molecule has 0 radical (unpaired) electrons. The Bertz CT molecular complexity index is 521. The smallest absolute Gasteiger partial charge is 0.251 e. The van der Waals surface area contributed by atoms with E-state index in [0.717, 1.165) is 12.1 Å². The van der Waals surface area contributed by atoms with Crippen molar-refractivity contribution in [3.05, 3.63) is 23.4 Å². The summed E-state index contributed by atoms with van der Waals surface area (Å²) in [4.78, 5) is 16.9. The molecular weight excluding hydrogens is 264 g/mol. The molecule has 1 saturated carbocycles. The van der Waals surface area contributed by atoms with Gasteiger partial charge >= 0.3 is 0 Å². The van der Waals surface area contributed by atoms with Crippen LogP contribution in [0.25, 0.3) is 0 Å². The van der Waals surface area contributed by atoms with Crippen molar-refractivity contribution in [2.75, 3.05) is 5.43 Å². The van der Waals surface area contributed by atoms with Gasteiger partial charge in [0.25, 0.3) is 5.91 Å². The van der Waals surface area contributed by atoms with Gasteiger partial charge in [-0.3, -0.25) is 4.79 Å². The number of pyridine rings is 1. The number of carbonyl (C=O) groups is 1. The molecule has 2 rings (SSSR count). The quantitative estimate of drug-likeness (QED) is 0.590. The fourth-order valence-electron chi connectivity index (χ4n) is 2.73. The van der Waals surface area contributed by atoms with E-state index in [4.69, 9.17) is 5.84 Å². The summed E-state index contributed by atoms with van der Waals surface area (Å²) in [5, 5.41) is 3.14. The molecule has 5 nitrogen and oxygen atoms in total. The number of hydrogen-bond donors (Lipinski definition) is 3. The lowest BCUT2D eigenvalue weighted by molar-refractivity contribution is 0.0929. The Balaban J connectivity index is 2.23. The number of carbonyl (C=O) groups excluding carboxylic acids is 1. The third kappa shape index (κ3) is 3.73. The summed E-state index contributed by atoms with van der Waals surface area (Å²) in [6.45, 7) is 8.39. The van der Waals surface area contributed by atoms with Gasteiger partial charge in [-0.15, -0.1) is 0 Å². The molecule has 0 saturated heterocycles. The highest BCUT2D eigenvalue weighted by Crippen LogP contribution is 2.26. The van der Waals surface area contributed by atoms with Gasteiger partial charge in [0.2, 0.25) is 0 Å². The first kappa shape index (κ1) is 15.8. The average molecular weight is 290 g/mol. The van der Waals surface area contributed by atoms with E-state index in [1.165, 1.54) is 12.8 Å². The van der Waals surface area contributed by atoms with Crippen molar-refractivity contribution < 1.29 is 4.79 Å². The molecule has 1 aromatic heterocycles. The van der Waals surface area contributed by atoms with Crippen LogP contribution >= 0.6 is 0 Å². The molecule has 0 bridgehead atoms. The number of nitrogens with two attached hydrogens (primary N) is 1. The van der Waals surface area contributed by atoms with Crippen LogP contribution in [0.5, 0.6) is 0 Å². The number of anilines is 1. The zero-order valence-electron chi connectivity index (χ0n) is 13.4. The Labute approximate surface area is 126 Å². The van der Waals surface area contributed by atoms with Crippen LogP contribution < -0.4 is 16.6 Å². The van der Waals surface area contributed by atoms with Gasteiger partial charge in [0.15, 0.2) is 0 Å². The number of hydrogen-bond acceptors (Lipinski definition) is 4. The molecule has 4 N–H and O–H groups in total. The molecule has 1 heterocycles. The number of aromatic nitrogens is 1. The fourth-order valence-corrected chi connectivity index (χ4v) is 2.73. The fraction of sp³-hybridized carbons (Fsp3) is 0.625. The SMILES string of the molecule is CC1CCCC1NC(=O)c1cc(NN)nc(C(C)(C)C)c1. The highest BCUT2D eigenvalue weighted by molar-refractivity contribution is 5.95. The zero-order chi connectivity index (χ0) is 15.6. The highest BCUT2D eigenvalue weighted by Gasteiger charge is 2.26. The molecule has 5 heteroatoms. The van der Waals surface area contributed by atoms with E-state index in [-0.39, 0.29) is 17.4 Å². The van der Waals surface area contributed by atoms with E-state index in [9.17, 15) is 4.79 Å². The third-order valence-electron chi connectivity index (χ3n) is 4.18. The largest absolute Gasteiger partial charge is 0.349 e. The topological polar surface area (TPSA) is 80.0 Å². The molecule has 0 aromatic carbocycles. The first-order valence-electron chi connectivity index (χ1n) is 7.61. The van der Waals surface area contributed by atoms with E-state index in [1.807, 2.05) is 6.07 Å². The van der Waals surface area contributed by atoms with Crippen molar-refractivity contribution in [2.24, 2.45) is 11.8 Å². The Morgan fingerprint density at radius 2 is 2.05 bits per heavy atom. The van der Waals surface area contributed by atoms with Crippen molar-refractivity contribution in [1.82, 2.24) is 10.3 Å². The van der Waals surface area contributed by atoms with Crippen LogP contribution in [0.15, 0.2) is 12.1 Å². The Hall–Kier alpha value is -1.62. The number of hydrazine groups is 1. The van der Waals surface area contributed by atoms with Gasteiger partial charge in [-0.2, -0.15) is 0 Å². The van der Waals surface area contributed by atoms with Crippen molar-refractivity contribution >= 4 is 11.7 Å². The lowest BCUT2D eigenvalue weighted by Crippen LogP contribution is -2.36. The van der Waals surface area contributed by atoms with Crippen molar-refractivity contribution in [1.29, 1.82) is 0 Å². The lowest BCUT2D eigenvalue weighted by atomic mass is 9.90. The van der Waals surface area contributed by atoms with Crippen LogP contribution in [-0.4, -0.2) is 16.9 Å². The molecule has 1 aliphatic rings. The summed E-state index contributed by atoms with van der Waals surface area (Å²) in [5.41, 5.74) is 3.87. The first-order chi connectivity index (χ1) is 9.81. The summed E-state index contributed by atoms with van der Waals surface area (Å²) in [7, 11) is 0. The Kier molecular flexibility index (Phi) is 4.52. The monoisotopic (exact) mass is 290 g/mol. The van der Waals surface area contributed by atoms with E-state index in [1.54, 1.807) is 6.07 Å². The van der Waals surface area contributed by atoms with Crippen molar-refractivity contribution in [2.45, 2.75) is 58.4 Å². The van der Waals surface area contributed by atoms with Gasteiger partial charge in [-0.25, -0.2) is 10.8 Å². The average Bonchev–Trinajstić information content (AvgIpc) is 2.82. The molecule has 2 atom stereocenters. The number of nitrogens with one attached hydrogen (secondary N) is 2. The number of rotatable bonds is 3. The van der Waals surface area contributed by atoms with Crippen LogP contribution in [0, 0.1) is 5.92 Å². The minimum absolute atomic E-state index is 0.0434. The van der Waals surface area contributed by atoms with Gasteiger partial charge in [0.1, 0.15) is 5.82 Å². The van der Waals surface area contributed by atoms with E-state index < -0.39 is 0 Å². The highest BCUT2D eigenvalue weighted by atomic mass is 16.1. The van der Waals surface area contributed by atoms with Crippen molar-refractivity contribution in [3.8, 4) is 0 Å². The maximum atomic E-state index is 12.5. The molecule has 0 spiro atoms. The van der Waals surface area contributed by atoms with Crippen LogP contribution in [0.1, 0.15) is 63.0 Å². The predicted octanol–water partition coefficient (Wildman–Crippen LogP) is 2.58. The molecule has 1 amide bonds. The van der Waals surface area contributed by atoms with Crippen LogP contribution in [0.4, 0.5) is 5.82 Å². The standard InChI is InChI=1S/C16H26N4O/c1-10-6-5-7-12(10)18-15(21)11-8-13(16(2,3)4)19-14(9-11)20-17/h8-10,12H,5-7,17H2,1-4H3,(H,18,21)(H,19,20). The second-order valence-electron chi connectivity index (χ2n) is 7.01. The van der Waals surface area contributed by atoms with E-state index in [0.29, 0.717) is 17.3 Å². The second kappa shape index (κ2) is 6.02. The van der Waals surface area contributed by atoms with Gasteiger partial charge in [0, 0.05) is 22.7 Å². The molecule has 1 aliphatic carbocycles. The Morgan fingerprint density at radius 1 is 1.33 bits per heavy atom. The van der Waals surface area contributed by atoms with Gasteiger partial charge in [0.05, 0.1) is 0 Å². The van der Waals surface area contributed by atoms with Crippen LogP contribution in [-0.2, 0) is 5.41 Å². The van der Waals surface area contributed by atoms with E-state index in [2.05, 4.69) is 43.4 Å². The molecule has 0 aliphatic heterocycles. The molecule has 116 valence electrons. The predicted molar refractivity (Wildman–Crippen MR) is 85.0 cm³/mol. The number of amides is 1. The van der Waals surface area contributed by atoms with Gasteiger partial charge < -0.3 is 10.7 Å². The summed E-state index contributed by atoms with van der Waals surface area (Å²) in [6, 6.07) is 3.83. The number of nitrogen functional groups attached to an aromatic ring is 1. The van der Waals surface area contributed by atoms with Crippen molar-refractivity contribution in [3.63, 3.8) is 0 Å². The normalized spacial score (nSPS) is 22.1. The molecule has 21 heavy (non-hydrogen) atoms. The lowest BCUT2D eigenvalue weighted by Gasteiger charge is -2.21. The third-order valence-corrected chi connectivity index (χ3v) is 4.18. The Morgan fingerprint density at radius 3 is 2.57 bits per heavy atom. The minimum Gasteiger partial charge on any atom is -0.349 e. The molecule has 2 unspecified atom stereocenters.